The molecule has 0 saturated carbocycles. The van der Waals surface area contributed by atoms with E-state index in [1.54, 1.807) is 0 Å². The quantitative estimate of drug-likeness (QED) is 0.562. The predicted molar refractivity (Wildman–Crippen MR) is 77.1 cm³/mol. The first-order valence-corrected chi connectivity index (χ1v) is 7.40. The minimum absolute atomic E-state index is 0.266. The van der Waals surface area contributed by atoms with Crippen molar-refractivity contribution in [2.45, 2.75) is 32.1 Å². The summed E-state index contributed by atoms with van der Waals surface area (Å²) in [5.74, 6) is 0.496. The number of alkyl halides is 1. The van der Waals surface area contributed by atoms with Crippen LogP contribution in [-0.2, 0) is 11.2 Å². The van der Waals surface area contributed by atoms with Crippen LogP contribution in [0.2, 0.25) is 0 Å². The van der Waals surface area contributed by atoms with Gasteiger partial charge in [-0.15, -0.1) is 0 Å². The normalized spacial score (nSPS) is 10.3. The molecule has 0 bridgehead atoms. The maximum absolute atomic E-state index is 10.8. The van der Waals surface area contributed by atoms with Gasteiger partial charge in [0.1, 0.15) is 5.75 Å². The van der Waals surface area contributed by atoms with Crippen LogP contribution in [0.4, 0.5) is 0 Å². The Morgan fingerprint density at radius 1 is 1.22 bits per heavy atom. The van der Waals surface area contributed by atoms with Crippen LogP contribution in [0.1, 0.15) is 31.2 Å². The van der Waals surface area contributed by atoms with Crippen molar-refractivity contribution < 1.29 is 9.53 Å². The standard InChI is InChI=1S/C14H20BrNO2/c15-8-3-1-2-4-9-18-13-7-5-6-12(10-13)11-14(16)17/h5-7,10H,1-4,8-9,11H2,(H2,16,17). The molecule has 0 fully saturated rings. The number of carbonyl (C=O) groups is 1. The first kappa shape index (κ1) is 15.0. The van der Waals surface area contributed by atoms with Crippen LogP contribution < -0.4 is 10.5 Å². The van der Waals surface area contributed by atoms with Gasteiger partial charge in [0, 0.05) is 5.33 Å². The summed E-state index contributed by atoms with van der Waals surface area (Å²) in [4.78, 5) is 10.8. The molecule has 0 aromatic heterocycles. The molecule has 0 spiro atoms. The van der Waals surface area contributed by atoms with Gasteiger partial charge >= 0.3 is 0 Å². The van der Waals surface area contributed by atoms with E-state index in [1.807, 2.05) is 24.3 Å². The van der Waals surface area contributed by atoms with Crippen LogP contribution in [0, 0.1) is 0 Å². The smallest absolute Gasteiger partial charge is 0.221 e. The van der Waals surface area contributed by atoms with Gasteiger partial charge in [0.15, 0.2) is 0 Å². The van der Waals surface area contributed by atoms with Crippen molar-refractivity contribution in [3.8, 4) is 5.75 Å². The summed E-state index contributed by atoms with van der Waals surface area (Å²) in [6.45, 7) is 0.725. The molecule has 1 amide bonds. The number of ether oxygens (including phenoxy) is 1. The summed E-state index contributed by atoms with van der Waals surface area (Å²) in [5, 5.41) is 1.07. The largest absolute Gasteiger partial charge is 0.494 e. The summed E-state index contributed by atoms with van der Waals surface area (Å²) in [6, 6.07) is 7.55. The highest BCUT2D eigenvalue weighted by molar-refractivity contribution is 9.09. The molecule has 3 nitrogen and oxygen atoms in total. The number of primary amides is 1. The molecule has 0 saturated heterocycles. The number of nitrogens with two attached hydrogens (primary N) is 1. The average molecular weight is 314 g/mol. The van der Waals surface area contributed by atoms with E-state index in [9.17, 15) is 4.79 Å². The highest BCUT2D eigenvalue weighted by Gasteiger charge is 2.00. The van der Waals surface area contributed by atoms with Gasteiger partial charge in [-0.05, 0) is 30.5 Å². The third-order valence-corrected chi connectivity index (χ3v) is 3.13. The molecule has 0 aliphatic rings. The van der Waals surface area contributed by atoms with E-state index in [0.29, 0.717) is 0 Å². The van der Waals surface area contributed by atoms with Crippen LogP contribution >= 0.6 is 15.9 Å². The Morgan fingerprint density at radius 3 is 2.72 bits per heavy atom. The molecular formula is C14H20BrNO2. The van der Waals surface area contributed by atoms with Gasteiger partial charge in [-0.2, -0.15) is 0 Å². The Morgan fingerprint density at radius 2 is 2.00 bits per heavy atom. The molecule has 0 aliphatic heterocycles. The van der Waals surface area contributed by atoms with Crippen LogP contribution in [0.3, 0.4) is 0 Å². The van der Waals surface area contributed by atoms with Gasteiger partial charge < -0.3 is 10.5 Å². The van der Waals surface area contributed by atoms with Gasteiger partial charge in [-0.25, -0.2) is 0 Å². The van der Waals surface area contributed by atoms with Crippen LogP contribution in [0.5, 0.6) is 5.75 Å². The molecule has 18 heavy (non-hydrogen) atoms. The zero-order valence-electron chi connectivity index (χ0n) is 10.5. The minimum Gasteiger partial charge on any atom is -0.494 e. The number of unbranched alkanes of at least 4 members (excludes halogenated alkanes) is 3. The van der Waals surface area contributed by atoms with E-state index in [0.717, 1.165) is 29.7 Å². The summed E-state index contributed by atoms with van der Waals surface area (Å²) < 4.78 is 5.64. The number of carbonyl (C=O) groups excluding carboxylic acids is 1. The van der Waals surface area contributed by atoms with Crippen molar-refractivity contribution >= 4 is 21.8 Å². The van der Waals surface area contributed by atoms with Crippen molar-refractivity contribution in [1.29, 1.82) is 0 Å². The Labute approximate surface area is 117 Å². The average Bonchev–Trinajstić information content (AvgIpc) is 2.33. The summed E-state index contributed by atoms with van der Waals surface area (Å²) in [7, 11) is 0. The van der Waals surface area contributed by atoms with E-state index in [4.69, 9.17) is 10.5 Å². The maximum atomic E-state index is 10.8. The molecule has 100 valence electrons. The van der Waals surface area contributed by atoms with E-state index < -0.39 is 0 Å². The summed E-state index contributed by atoms with van der Waals surface area (Å²) in [6.07, 6.45) is 4.96. The molecular weight excluding hydrogens is 294 g/mol. The number of benzene rings is 1. The van der Waals surface area contributed by atoms with E-state index in [-0.39, 0.29) is 12.3 Å². The molecule has 0 radical (unpaired) electrons. The predicted octanol–water partition coefficient (Wildman–Crippen LogP) is 3.05. The molecule has 0 heterocycles. The van der Waals surface area contributed by atoms with Gasteiger partial charge in [-0.3, -0.25) is 4.79 Å². The van der Waals surface area contributed by atoms with Crippen LogP contribution in [0.15, 0.2) is 24.3 Å². The van der Waals surface area contributed by atoms with E-state index in [1.165, 1.54) is 19.3 Å². The lowest BCUT2D eigenvalue weighted by atomic mass is 10.1. The van der Waals surface area contributed by atoms with Crippen LogP contribution in [0.25, 0.3) is 0 Å². The second-order valence-corrected chi connectivity index (χ2v) is 5.04. The van der Waals surface area contributed by atoms with Crippen molar-refractivity contribution in [1.82, 2.24) is 0 Å². The molecule has 1 aromatic rings. The van der Waals surface area contributed by atoms with Gasteiger partial charge in [0.25, 0.3) is 0 Å². The second-order valence-electron chi connectivity index (χ2n) is 4.24. The molecule has 0 aliphatic carbocycles. The van der Waals surface area contributed by atoms with Crippen molar-refractivity contribution in [3.63, 3.8) is 0 Å². The lowest BCUT2D eigenvalue weighted by molar-refractivity contribution is -0.117. The maximum Gasteiger partial charge on any atom is 0.221 e. The van der Waals surface area contributed by atoms with Crippen LogP contribution in [-0.4, -0.2) is 17.8 Å². The van der Waals surface area contributed by atoms with E-state index in [2.05, 4.69) is 15.9 Å². The Hall–Kier alpha value is -1.03. The Balaban J connectivity index is 2.27. The highest BCUT2D eigenvalue weighted by atomic mass is 79.9. The zero-order valence-corrected chi connectivity index (χ0v) is 12.1. The molecule has 0 unspecified atom stereocenters. The fraction of sp³-hybridized carbons (Fsp3) is 0.500. The van der Waals surface area contributed by atoms with Gasteiger partial charge in [0.05, 0.1) is 13.0 Å². The lowest BCUT2D eigenvalue weighted by Gasteiger charge is -2.07. The monoisotopic (exact) mass is 313 g/mol. The Bertz CT molecular complexity index is 369. The summed E-state index contributed by atoms with van der Waals surface area (Å²) >= 11 is 3.41. The minimum atomic E-state index is -0.318. The molecule has 1 rings (SSSR count). The molecule has 2 N–H and O–H groups in total. The number of hydrogen-bond donors (Lipinski definition) is 1. The van der Waals surface area contributed by atoms with E-state index >= 15 is 0 Å². The topological polar surface area (TPSA) is 52.3 Å². The fourth-order valence-electron chi connectivity index (χ4n) is 1.69. The number of rotatable bonds is 9. The lowest BCUT2D eigenvalue weighted by Crippen LogP contribution is -2.13. The molecule has 4 heteroatoms. The second kappa shape index (κ2) is 8.97. The number of hydrogen-bond acceptors (Lipinski definition) is 2. The van der Waals surface area contributed by atoms with Gasteiger partial charge in [0.2, 0.25) is 5.91 Å². The summed E-state index contributed by atoms with van der Waals surface area (Å²) in [5.41, 5.74) is 6.06. The molecule has 0 atom stereocenters. The SMILES string of the molecule is NC(=O)Cc1cccc(OCCCCCCBr)c1. The first-order chi connectivity index (χ1) is 8.72. The molecule has 1 aromatic carbocycles. The van der Waals surface area contributed by atoms with Crippen molar-refractivity contribution in [3.05, 3.63) is 29.8 Å². The van der Waals surface area contributed by atoms with Gasteiger partial charge in [-0.1, -0.05) is 40.9 Å². The third kappa shape index (κ3) is 6.64. The first-order valence-electron chi connectivity index (χ1n) is 6.28. The Kier molecular flexibility index (Phi) is 7.49. The third-order valence-electron chi connectivity index (χ3n) is 2.57. The zero-order chi connectivity index (χ0) is 13.2. The number of amides is 1. The number of halogens is 1. The van der Waals surface area contributed by atoms with Crippen molar-refractivity contribution in [2.24, 2.45) is 5.73 Å². The highest BCUT2D eigenvalue weighted by Crippen LogP contribution is 2.14. The fourth-order valence-corrected chi connectivity index (χ4v) is 2.08. The van der Waals surface area contributed by atoms with Crippen molar-refractivity contribution in [2.75, 3.05) is 11.9 Å².